The Hall–Kier alpha value is -1.44. The zero-order valence-corrected chi connectivity index (χ0v) is 13.9. The number of benzene rings is 1. The summed E-state index contributed by atoms with van der Waals surface area (Å²) in [5, 5.41) is 9.96. The lowest BCUT2D eigenvalue weighted by atomic mass is 9.58. The van der Waals surface area contributed by atoms with Crippen LogP contribution in [0.15, 0.2) is 23.3 Å². The summed E-state index contributed by atoms with van der Waals surface area (Å²) >= 11 is 0. The largest absolute Gasteiger partial charge is 0.508 e. The Morgan fingerprint density at radius 2 is 2.00 bits per heavy atom. The molecule has 3 aliphatic carbocycles. The second-order valence-electron chi connectivity index (χ2n) is 7.58. The van der Waals surface area contributed by atoms with E-state index in [1.807, 2.05) is 6.07 Å². The minimum Gasteiger partial charge on any atom is -0.508 e. The molecule has 0 spiro atoms. The predicted molar refractivity (Wildman–Crippen MR) is 88.4 cm³/mol. The van der Waals surface area contributed by atoms with E-state index in [1.54, 1.807) is 24.3 Å². The summed E-state index contributed by atoms with van der Waals surface area (Å²) < 4.78 is 5.65. The maximum atomic E-state index is 9.96. The van der Waals surface area contributed by atoms with Crippen molar-refractivity contribution in [2.45, 2.75) is 51.9 Å². The van der Waals surface area contributed by atoms with Gasteiger partial charge in [-0.05, 0) is 74.3 Å². The summed E-state index contributed by atoms with van der Waals surface area (Å²) in [6.07, 6.45) is 6.24. The van der Waals surface area contributed by atoms with Crippen LogP contribution in [-0.2, 0) is 6.42 Å². The smallest absolute Gasteiger partial charge is 0.126 e. The average Bonchev–Trinajstić information content (AvgIpc) is 2.87. The van der Waals surface area contributed by atoms with E-state index in [4.69, 9.17) is 4.74 Å². The monoisotopic (exact) mass is 298 g/mol. The molecule has 2 heteroatoms. The normalized spacial score (nSPS) is 33.2. The van der Waals surface area contributed by atoms with Crippen LogP contribution in [0.4, 0.5) is 0 Å². The number of hydrogen-bond donors (Lipinski definition) is 1. The van der Waals surface area contributed by atoms with Gasteiger partial charge in [-0.3, -0.25) is 0 Å². The Kier molecular flexibility index (Phi) is 3.25. The molecule has 0 heterocycles. The highest BCUT2D eigenvalue weighted by Crippen LogP contribution is 2.58. The first-order valence-electron chi connectivity index (χ1n) is 8.68. The lowest BCUT2D eigenvalue weighted by Crippen LogP contribution is -2.36. The Morgan fingerprint density at radius 3 is 2.77 bits per heavy atom. The molecule has 0 unspecified atom stereocenters. The zero-order chi connectivity index (χ0) is 15.4. The van der Waals surface area contributed by atoms with E-state index in [-0.39, 0.29) is 0 Å². The van der Waals surface area contributed by atoms with Gasteiger partial charge in [0.05, 0.1) is 7.11 Å². The molecule has 1 aromatic carbocycles. The van der Waals surface area contributed by atoms with Crippen molar-refractivity contribution in [1.82, 2.24) is 0 Å². The van der Waals surface area contributed by atoms with Gasteiger partial charge in [-0.15, -0.1) is 0 Å². The van der Waals surface area contributed by atoms with Crippen molar-refractivity contribution in [3.05, 3.63) is 34.4 Å². The highest BCUT2D eigenvalue weighted by Gasteiger charge is 2.46. The van der Waals surface area contributed by atoms with Crippen LogP contribution in [0.5, 0.6) is 11.5 Å². The molecule has 0 aliphatic heterocycles. The van der Waals surface area contributed by atoms with E-state index < -0.39 is 0 Å². The third-order valence-corrected chi connectivity index (χ3v) is 6.47. The van der Waals surface area contributed by atoms with Gasteiger partial charge in [0, 0.05) is 11.6 Å². The summed E-state index contributed by atoms with van der Waals surface area (Å²) in [6.45, 7) is 4.76. The minimum atomic E-state index is 0.342. The summed E-state index contributed by atoms with van der Waals surface area (Å²) in [6, 6.07) is 3.77. The summed E-state index contributed by atoms with van der Waals surface area (Å²) in [7, 11) is 1.73. The summed E-state index contributed by atoms with van der Waals surface area (Å²) in [5.41, 5.74) is 6.15. The molecular formula is C20H26O2. The van der Waals surface area contributed by atoms with Crippen molar-refractivity contribution < 1.29 is 9.84 Å². The highest BCUT2D eigenvalue weighted by molar-refractivity contribution is 5.51. The molecule has 1 N–H and O–H groups in total. The van der Waals surface area contributed by atoms with Gasteiger partial charge < -0.3 is 9.84 Å². The van der Waals surface area contributed by atoms with Gasteiger partial charge in [0.2, 0.25) is 0 Å². The van der Waals surface area contributed by atoms with E-state index >= 15 is 0 Å². The van der Waals surface area contributed by atoms with Gasteiger partial charge >= 0.3 is 0 Å². The van der Waals surface area contributed by atoms with Crippen LogP contribution in [0.3, 0.4) is 0 Å². The fraction of sp³-hybridized carbons (Fsp3) is 0.600. The number of allylic oxidation sites excluding steroid dienone is 2. The van der Waals surface area contributed by atoms with Gasteiger partial charge in [-0.2, -0.15) is 0 Å². The van der Waals surface area contributed by atoms with E-state index in [0.29, 0.717) is 17.6 Å². The van der Waals surface area contributed by atoms with Crippen LogP contribution in [0.1, 0.15) is 56.6 Å². The Bertz CT molecular complexity index is 626. The Balaban J connectivity index is 1.82. The lowest BCUT2D eigenvalue weighted by molar-refractivity contribution is 0.180. The van der Waals surface area contributed by atoms with E-state index in [1.165, 1.54) is 36.8 Å². The van der Waals surface area contributed by atoms with Gasteiger partial charge in [0.1, 0.15) is 11.5 Å². The number of phenolic OH excluding ortho intramolecular Hbond substituents is 1. The molecule has 0 aromatic heterocycles. The fourth-order valence-electron chi connectivity index (χ4n) is 5.59. The minimum absolute atomic E-state index is 0.342. The molecule has 0 bridgehead atoms. The predicted octanol–water partition coefficient (Wildman–Crippen LogP) is 4.81. The zero-order valence-electron chi connectivity index (χ0n) is 13.9. The lowest BCUT2D eigenvalue weighted by Gasteiger charge is -2.46. The van der Waals surface area contributed by atoms with Gasteiger partial charge in [-0.1, -0.05) is 18.1 Å². The maximum Gasteiger partial charge on any atom is 0.126 e. The first kappa shape index (κ1) is 14.2. The number of methoxy groups -OCH3 is 1. The van der Waals surface area contributed by atoms with E-state index in [0.717, 1.165) is 24.0 Å². The molecule has 4 atom stereocenters. The molecule has 1 aromatic rings. The van der Waals surface area contributed by atoms with Crippen molar-refractivity contribution in [1.29, 1.82) is 0 Å². The number of aryl methyl sites for hydroxylation is 1. The quantitative estimate of drug-likeness (QED) is 0.754. The van der Waals surface area contributed by atoms with Crippen molar-refractivity contribution in [2.24, 2.45) is 17.8 Å². The standard InChI is InChI=1S/C20H26O2/c1-11-4-6-15-16-7-5-13-9-14(21)10-18(22-3)20(13)19(16)12(2)8-17(11)15/h9-10,12,15-16,19,21H,4-8H2,1-3H3/t12-,15+,16-,19+/m1/s1. The molecule has 1 saturated carbocycles. The molecule has 118 valence electrons. The first-order chi connectivity index (χ1) is 10.6. The number of ether oxygens (including phenoxy) is 1. The fourth-order valence-corrected chi connectivity index (χ4v) is 5.59. The Labute approximate surface area is 133 Å². The molecule has 2 nitrogen and oxygen atoms in total. The van der Waals surface area contributed by atoms with Gasteiger partial charge in [0.25, 0.3) is 0 Å². The Morgan fingerprint density at radius 1 is 1.18 bits per heavy atom. The second kappa shape index (κ2) is 5.04. The third-order valence-electron chi connectivity index (χ3n) is 6.47. The van der Waals surface area contributed by atoms with E-state index in [9.17, 15) is 5.11 Å². The van der Waals surface area contributed by atoms with Gasteiger partial charge in [0.15, 0.2) is 0 Å². The SMILES string of the molecule is COc1cc(O)cc2c1[C@@H]1[C@H](CC2)[C@@H]2CCC(C)=C2C[C@H]1C. The maximum absolute atomic E-state index is 9.96. The number of hydrogen-bond acceptors (Lipinski definition) is 2. The molecular weight excluding hydrogens is 272 g/mol. The third kappa shape index (κ3) is 1.92. The number of rotatable bonds is 1. The summed E-state index contributed by atoms with van der Waals surface area (Å²) in [4.78, 5) is 0. The number of phenols is 1. The topological polar surface area (TPSA) is 29.5 Å². The number of aromatic hydroxyl groups is 1. The highest BCUT2D eigenvalue weighted by atomic mass is 16.5. The van der Waals surface area contributed by atoms with Crippen molar-refractivity contribution in [2.75, 3.05) is 7.11 Å². The first-order valence-corrected chi connectivity index (χ1v) is 8.68. The van der Waals surface area contributed by atoms with Crippen LogP contribution in [0.2, 0.25) is 0 Å². The van der Waals surface area contributed by atoms with Crippen LogP contribution in [0, 0.1) is 17.8 Å². The van der Waals surface area contributed by atoms with Crippen molar-refractivity contribution in [3.8, 4) is 11.5 Å². The molecule has 4 rings (SSSR count). The molecule has 22 heavy (non-hydrogen) atoms. The van der Waals surface area contributed by atoms with Crippen molar-refractivity contribution in [3.63, 3.8) is 0 Å². The molecule has 3 aliphatic rings. The molecule has 0 amide bonds. The number of fused-ring (bicyclic) bond motifs is 5. The molecule has 0 saturated heterocycles. The van der Waals surface area contributed by atoms with Crippen LogP contribution in [-0.4, -0.2) is 12.2 Å². The van der Waals surface area contributed by atoms with Crippen LogP contribution in [0.25, 0.3) is 0 Å². The van der Waals surface area contributed by atoms with Crippen molar-refractivity contribution >= 4 is 0 Å². The summed E-state index contributed by atoms with van der Waals surface area (Å²) in [5.74, 6) is 4.07. The van der Waals surface area contributed by atoms with Gasteiger partial charge in [-0.25, -0.2) is 0 Å². The molecule has 0 radical (unpaired) electrons. The van der Waals surface area contributed by atoms with E-state index in [2.05, 4.69) is 13.8 Å². The van der Waals surface area contributed by atoms with Crippen LogP contribution >= 0.6 is 0 Å². The average molecular weight is 298 g/mol. The van der Waals surface area contributed by atoms with Crippen LogP contribution < -0.4 is 4.74 Å². The second-order valence-corrected chi connectivity index (χ2v) is 7.58. The molecule has 1 fully saturated rings.